The van der Waals surface area contributed by atoms with Gasteiger partial charge in [-0.05, 0) is 36.1 Å². The van der Waals surface area contributed by atoms with Gasteiger partial charge in [0.2, 0.25) is 0 Å². The first kappa shape index (κ1) is 18.7. The summed E-state index contributed by atoms with van der Waals surface area (Å²) in [7, 11) is 0. The molecule has 25 heavy (non-hydrogen) atoms. The van der Waals surface area contributed by atoms with E-state index in [4.69, 9.17) is 4.74 Å². The average Bonchev–Trinajstić information content (AvgIpc) is 2.61. The molecule has 2 aromatic rings. The Labute approximate surface area is 146 Å². The second kappa shape index (κ2) is 9.01. The van der Waals surface area contributed by atoms with Gasteiger partial charge < -0.3 is 15.4 Å². The van der Waals surface area contributed by atoms with Gasteiger partial charge in [-0.15, -0.1) is 0 Å². The zero-order valence-corrected chi connectivity index (χ0v) is 14.4. The summed E-state index contributed by atoms with van der Waals surface area (Å²) in [4.78, 5) is 12.1. The highest BCUT2D eigenvalue weighted by Gasteiger charge is 2.09. The molecule has 0 aliphatic carbocycles. The van der Waals surface area contributed by atoms with E-state index >= 15 is 0 Å². The van der Waals surface area contributed by atoms with Crippen molar-refractivity contribution < 1.29 is 18.3 Å². The van der Waals surface area contributed by atoms with Gasteiger partial charge in [-0.3, -0.25) is 0 Å². The average molecular weight is 348 g/mol. The first-order chi connectivity index (χ1) is 12.0. The largest absolute Gasteiger partial charge is 0.492 e. The Balaban J connectivity index is 1.84. The molecule has 0 spiro atoms. The monoisotopic (exact) mass is 348 g/mol. The van der Waals surface area contributed by atoms with E-state index in [9.17, 15) is 13.6 Å². The topological polar surface area (TPSA) is 50.4 Å². The number of halogens is 2. The van der Waals surface area contributed by atoms with E-state index < -0.39 is 11.6 Å². The molecular weight excluding hydrogens is 326 g/mol. The van der Waals surface area contributed by atoms with Crippen molar-refractivity contribution in [2.24, 2.45) is 0 Å². The lowest BCUT2D eigenvalue weighted by Crippen LogP contribution is -2.32. The fourth-order valence-electron chi connectivity index (χ4n) is 2.46. The Morgan fingerprint density at radius 1 is 1.04 bits per heavy atom. The van der Waals surface area contributed by atoms with E-state index in [1.165, 1.54) is 6.07 Å². The fraction of sp³-hybridized carbons (Fsp3) is 0.316. The number of hydrogen-bond donors (Lipinski definition) is 2. The second-order valence-corrected chi connectivity index (χ2v) is 5.46. The minimum absolute atomic E-state index is 0.147. The normalized spacial score (nSPS) is 10.4. The van der Waals surface area contributed by atoms with Gasteiger partial charge in [0.1, 0.15) is 12.4 Å². The molecule has 0 saturated carbocycles. The molecule has 0 bridgehead atoms. The molecule has 0 fully saturated rings. The predicted molar refractivity (Wildman–Crippen MR) is 94.1 cm³/mol. The summed E-state index contributed by atoms with van der Waals surface area (Å²) in [5, 5.41) is 5.57. The van der Waals surface area contributed by atoms with E-state index in [2.05, 4.69) is 10.6 Å². The van der Waals surface area contributed by atoms with Crippen LogP contribution in [-0.2, 0) is 12.8 Å². The number of aryl methyl sites for hydroxylation is 2. The highest BCUT2D eigenvalue weighted by atomic mass is 19.2. The fourth-order valence-corrected chi connectivity index (χ4v) is 2.46. The number of anilines is 1. The third-order valence-electron chi connectivity index (χ3n) is 3.78. The van der Waals surface area contributed by atoms with Gasteiger partial charge >= 0.3 is 6.03 Å². The number of rotatable bonds is 7. The number of benzene rings is 2. The number of carbonyl (C=O) groups excluding carboxylic acids is 1. The van der Waals surface area contributed by atoms with E-state index in [1.54, 1.807) is 0 Å². The Morgan fingerprint density at radius 3 is 2.32 bits per heavy atom. The van der Waals surface area contributed by atoms with Gasteiger partial charge in [0.05, 0.1) is 6.54 Å². The van der Waals surface area contributed by atoms with Crippen molar-refractivity contribution in [2.45, 2.75) is 26.7 Å². The van der Waals surface area contributed by atoms with Crippen molar-refractivity contribution in [1.29, 1.82) is 0 Å². The quantitative estimate of drug-likeness (QED) is 0.734. The molecule has 2 aromatic carbocycles. The van der Waals surface area contributed by atoms with Crippen LogP contribution in [0.3, 0.4) is 0 Å². The molecule has 0 aliphatic rings. The summed E-state index contributed by atoms with van der Waals surface area (Å²) < 4.78 is 31.2. The highest BCUT2D eigenvalue weighted by Crippen LogP contribution is 2.22. The van der Waals surface area contributed by atoms with Crippen LogP contribution in [0.5, 0.6) is 5.75 Å². The Kier molecular flexibility index (Phi) is 6.74. The van der Waals surface area contributed by atoms with Crippen LogP contribution in [0.2, 0.25) is 0 Å². The van der Waals surface area contributed by atoms with Crippen LogP contribution in [0, 0.1) is 11.6 Å². The molecule has 0 saturated heterocycles. The van der Waals surface area contributed by atoms with Gasteiger partial charge in [0, 0.05) is 11.8 Å². The Bertz CT molecular complexity index is 713. The molecule has 0 atom stereocenters. The minimum Gasteiger partial charge on any atom is -0.492 e. The summed E-state index contributed by atoms with van der Waals surface area (Å²) >= 11 is 0. The summed E-state index contributed by atoms with van der Waals surface area (Å²) in [5.74, 6) is -1.68. The summed E-state index contributed by atoms with van der Waals surface area (Å²) in [6, 6.07) is 8.94. The molecule has 0 unspecified atom stereocenters. The first-order valence-corrected chi connectivity index (χ1v) is 8.28. The Hall–Kier alpha value is -2.63. The SMILES string of the molecule is CCc1cccc(CC)c1NC(=O)NCCOc1ccc(F)c(F)c1. The minimum atomic E-state index is -0.966. The lowest BCUT2D eigenvalue weighted by molar-refractivity contribution is 0.247. The number of para-hydroxylation sites is 1. The molecule has 0 heterocycles. The van der Waals surface area contributed by atoms with Gasteiger partial charge in [0.15, 0.2) is 11.6 Å². The molecule has 0 radical (unpaired) electrons. The number of ether oxygens (including phenoxy) is 1. The number of carbonyl (C=O) groups is 1. The van der Waals surface area contributed by atoms with Gasteiger partial charge in [0.25, 0.3) is 0 Å². The van der Waals surface area contributed by atoms with Gasteiger partial charge in [-0.1, -0.05) is 32.0 Å². The molecule has 2 amide bonds. The maximum absolute atomic E-state index is 13.1. The third-order valence-corrected chi connectivity index (χ3v) is 3.78. The number of hydrogen-bond acceptors (Lipinski definition) is 2. The second-order valence-electron chi connectivity index (χ2n) is 5.46. The van der Waals surface area contributed by atoms with Crippen LogP contribution in [0.4, 0.5) is 19.3 Å². The van der Waals surface area contributed by atoms with Crippen LogP contribution >= 0.6 is 0 Å². The molecule has 6 heteroatoms. The lowest BCUT2D eigenvalue weighted by atomic mass is 10.0. The van der Waals surface area contributed by atoms with Crippen molar-refractivity contribution in [3.63, 3.8) is 0 Å². The van der Waals surface area contributed by atoms with Gasteiger partial charge in [-0.2, -0.15) is 0 Å². The van der Waals surface area contributed by atoms with Crippen LogP contribution in [0.25, 0.3) is 0 Å². The van der Waals surface area contributed by atoms with E-state index in [0.717, 1.165) is 41.8 Å². The first-order valence-electron chi connectivity index (χ1n) is 8.28. The van der Waals surface area contributed by atoms with Crippen LogP contribution in [0.1, 0.15) is 25.0 Å². The van der Waals surface area contributed by atoms with E-state index in [0.29, 0.717) is 0 Å². The predicted octanol–water partition coefficient (Wildman–Crippen LogP) is 4.29. The van der Waals surface area contributed by atoms with Crippen LogP contribution in [0.15, 0.2) is 36.4 Å². The molecule has 134 valence electrons. The standard InChI is InChI=1S/C19H22F2N2O2/c1-3-13-6-5-7-14(4-2)18(13)23-19(24)22-10-11-25-15-8-9-16(20)17(21)12-15/h5-9,12H,3-4,10-11H2,1-2H3,(H2,22,23,24). The van der Waals surface area contributed by atoms with Crippen molar-refractivity contribution in [1.82, 2.24) is 5.32 Å². The van der Waals surface area contributed by atoms with Crippen molar-refractivity contribution >= 4 is 11.7 Å². The lowest BCUT2D eigenvalue weighted by Gasteiger charge is -2.15. The third kappa shape index (κ3) is 5.17. The number of nitrogens with one attached hydrogen (secondary N) is 2. The van der Waals surface area contributed by atoms with E-state index in [-0.39, 0.29) is 24.9 Å². The molecule has 2 N–H and O–H groups in total. The smallest absolute Gasteiger partial charge is 0.319 e. The van der Waals surface area contributed by atoms with Gasteiger partial charge in [-0.25, -0.2) is 13.6 Å². The molecule has 0 aliphatic heterocycles. The summed E-state index contributed by atoms with van der Waals surface area (Å²) in [5.41, 5.74) is 2.99. The maximum atomic E-state index is 13.1. The molecule has 4 nitrogen and oxygen atoms in total. The molecular formula is C19H22F2N2O2. The van der Waals surface area contributed by atoms with Crippen LogP contribution in [-0.4, -0.2) is 19.2 Å². The number of urea groups is 1. The van der Waals surface area contributed by atoms with Crippen molar-refractivity contribution in [3.05, 3.63) is 59.2 Å². The molecule has 2 rings (SSSR count). The zero-order valence-electron chi connectivity index (χ0n) is 14.4. The van der Waals surface area contributed by atoms with Crippen LogP contribution < -0.4 is 15.4 Å². The number of amides is 2. The van der Waals surface area contributed by atoms with Crippen molar-refractivity contribution in [3.8, 4) is 5.75 Å². The van der Waals surface area contributed by atoms with E-state index in [1.807, 2.05) is 32.0 Å². The van der Waals surface area contributed by atoms with Crippen molar-refractivity contribution in [2.75, 3.05) is 18.5 Å². The maximum Gasteiger partial charge on any atom is 0.319 e. The zero-order chi connectivity index (χ0) is 18.2. The molecule has 0 aromatic heterocycles. The highest BCUT2D eigenvalue weighted by molar-refractivity contribution is 5.91. The Morgan fingerprint density at radius 2 is 1.72 bits per heavy atom. The summed E-state index contributed by atoms with van der Waals surface area (Å²) in [6.45, 7) is 4.45. The summed E-state index contributed by atoms with van der Waals surface area (Å²) in [6.07, 6.45) is 1.64.